The third kappa shape index (κ3) is 4.25. The van der Waals surface area contributed by atoms with E-state index in [0.29, 0.717) is 18.0 Å². The molecule has 26 heavy (non-hydrogen) atoms. The maximum Gasteiger partial charge on any atom is 0.373 e. The molecule has 1 aromatic carbocycles. The topological polar surface area (TPSA) is 81.3 Å². The van der Waals surface area contributed by atoms with Gasteiger partial charge < -0.3 is 19.8 Å². The molecular weight excluding hydrogens is 359 g/mol. The number of nitrogens with one attached hydrogen (secondary N) is 2. The summed E-state index contributed by atoms with van der Waals surface area (Å²) in [4.78, 5) is 11.4. The maximum atomic E-state index is 13.6. The number of rotatable bonds is 5. The Bertz CT molecular complexity index is 937. The summed E-state index contributed by atoms with van der Waals surface area (Å²) in [6.07, 6.45) is 3.27. The average Bonchev–Trinajstić information content (AvgIpc) is 3.26. The van der Waals surface area contributed by atoms with Crippen LogP contribution in [0.4, 0.5) is 15.8 Å². The number of para-hydroxylation sites is 1. The minimum atomic E-state index is -0.538. The average molecular weight is 374 g/mol. The van der Waals surface area contributed by atoms with Gasteiger partial charge in [0.05, 0.1) is 31.2 Å². The van der Waals surface area contributed by atoms with Crippen molar-refractivity contribution in [1.82, 2.24) is 9.78 Å². The highest BCUT2D eigenvalue weighted by atomic mass is 32.1. The van der Waals surface area contributed by atoms with E-state index in [0.717, 1.165) is 0 Å². The fraction of sp³-hybridized carbons (Fsp3) is 0.118. The van der Waals surface area contributed by atoms with Gasteiger partial charge in [-0.25, -0.2) is 9.18 Å². The summed E-state index contributed by atoms with van der Waals surface area (Å²) in [6.45, 7) is 0.326. The van der Waals surface area contributed by atoms with E-state index in [4.69, 9.17) is 16.6 Å². The van der Waals surface area contributed by atoms with E-state index < -0.39 is 11.8 Å². The number of methoxy groups -OCH3 is 1. The highest BCUT2D eigenvalue weighted by Crippen LogP contribution is 2.15. The van der Waals surface area contributed by atoms with E-state index in [1.165, 1.54) is 19.2 Å². The van der Waals surface area contributed by atoms with Crippen molar-refractivity contribution in [3.63, 3.8) is 0 Å². The molecule has 0 fully saturated rings. The first-order valence-electron chi connectivity index (χ1n) is 7.57. The van der Waals surface area contributed by atoms with Gasteiger partial charge in [0.2, 0.25) is 5.76 Å². The lowest BCUT2D eigenvalue weighted by Gasteiger charge is -2.09. The van der Waals surface area contributed by atoms with E-state index in [2.05, 4.69) is 20.5 Å². The predicted octanol–water partition coefficient (Wildman–Crippen LogP) is 3.26. The molecule has 0 aliphatic heterocycles. The molecule has 0 spiro atoms. The van der Waals surface area contributed by atoms with Crippen molar-refractivity contribution < 1.29 is 18.3 Å². The molecule has 0 unspecified atom stereocenters. The Kier molecular flexibility index (Phi) is 5.28. The molecule has 0 aliphatic rings. The zero-order valence-electron chi connectivity index (χ0n) is 13.7. The number of aromatic nitrogens is 2. The van der Waals surface area contributed by atoms with Crippen molar-refractivity contribution in [2.24, 2.45) is 0 Å². The van der Waals surface area contributed by atoms with Crippen molar-refractivity contribution in [2.45, 2.75) is 6.54 Å². The van der Waals surface area contributed by atoms with Crippen LogP contribution in [0.2, 0.25) is 0 Å². The van der Waals surface area contributed by atoms with E-state index in [9.17, 15) is 9.18 Å². The van der Waals surface area contributed by atoms with Gasteiger partial charge in [0.25, 0.3) is 0 Å². The molecule has 3 aromatic rings. The van der Waals surface area contributed by atoms with Crippen LogP contribution in [0.3, 0.4) is 0 Å². The molecule has 2 aromatic heterocycles. The van der Waals surface area contributed by atoms with Crippen molar-refractivity contribution in [3.05, 3.63) is 66.1 Å². The van der Waals surface area contributed by atoms with Crippen molar-refractivity contribution in [3.8, 4) is 0 Å². The van der Waals surface area contributed by atoms with Gasteiger partial charge in [0.15, 0.2) is 5.11 Å². The molecule has 9 heteroatoms. The summed E-state index contributed by atoms with van der Waals surface area (Å²) >= 11 is 5.17. The van der Waals surface area contributed by atoms with E-state index in [-0.39, 0.29) is 16.6 Å². The molecule has 134 valence electrons. The first-order valence-corrected chi connectivity index (χ1v) is 7.98. The van der Waals surface area contributed by atoms with Crippen molar-refractivity contribution in [1.29, 1.82) is 0 Å². The number of nitrogens with zero attached hydrogens (tertiary/aromatic N) is 2. The Balaban J connectivity index is 1.59. The summed E-state index contributed by atoms with van der Waals surface area (Å²) in [5.74, 6) is -0.259. The Morgan fingerprint density at radius 2 is 2.12 bits per heavy atom. The second-order valence-corrected chi connectivity index (χ2v) is 5.65. The lowest BCUT2D eigenvalue weighted by atomic mass is 10.3. The molecule has 0 saturated carbocycles. The van der Waals surface area contributed by atoms with Gasteiger partial charge in [-0.1, -0.05) is 12.1 Å². The zero-order chi connectivity index (χ0) is 18.5. The SMILES string of the molecule is COC(=O)c1ccc(Cn2cc(NC(=S)Nc3ccccc3F)cn2)o1. The molecule has 0 aliphatic carbocycles. The Morgan fingerprint density at radius 3 is 2.88 bits per heavy atom. The first kappa shape index (κ1) is 17.6. The van der Waals surface area contributed by atoms with Crippen LogP contribution in [0.15, 0.2) is 53.2 Å². The van der Waals surface area contributed by atoms with Crippen molar-refractivity contribution in [2.75, 3.05) is 17.7 Å². The number of furan rings is 1. The Hall–Kier alpha value is -3.20. The maximum absolute atomic E-state index is 13.6. The number of ether oxygens (including phenoxy) is 1. The molecule has 0 bridgehead atoms. The number of halogens is 1. The smallest absolute Gasteiger partial charge is 0.373 e. The highest BCUT2D eigenvalue weighted by Gasteiger charge is 2.12. The second-order valence-electron chi connectivity index (χ2n) is 5.24. The number of anilines is 2. The number of hydrogen-bond acceptors (Lipinski definition) is 5. The van der Waals surface area contributed by atoms with Crippen LogP contribution >= 0.6 is 12.2 Å². The van der Waals surface area contributed by atoms with Gasteiger partial charge in [0, 0.05) is 6.20 Å². The van der Waals surface area contributed by atoms with Gasteiger partial charge in [-0.15, -0.1) is 0 Å². The molecule has 0 radical (unpaired) electrons. The molecule has 2 N–H and O–H groups in total. The Labute approximate surface area is 153 Å². The molecule has 0 atom stereocenters. The van der Waals surface area contributed by atoms with Gasteiger partial charge >= 0.3 is 5.97 Å². The second kappa shape index (κ2) is 7.79. The number of carbonyl (C=O) groups excluding carboxylic acids is 1. The third-order valence-corrected chi connectivity index (χ3v) is 3.58. The third-order valence-electron chi connectivity index (χ3n) is 3.38. The van der Waals surface area contributed by atoms with Crippen LogP contribution < -0.4 is 10.6 Å². The van der Waals surface area contributed by atoms with E-state index in [1.54, 1.807) is 41.3 Å². The predicted molar refractivity (Wildman–Crippen MR) is 97.6 cm³/mol. The van der Waals surface area contributed by atoms with Gasteiger partial charge in [-0.3, -0.25) is 4.68 Å². The van der Waals surface area contributed by atoms with Crippen LogP contribution in [0.1, 0.15) is 16.3 Å². The lowest BCUT2D eigenvalue weighted by molar-refractivity contribution is 0.0563. The molecular formula is C17H15FN4O3S. The summed E-state index contributed by atoms with van der Waals surface area (Å²) < 4.78 is 25.2. The van der Waals surface area contributed by atoms with E-state index >= 15 is 0 Å². The Morgan fingerprint density at radius 1 is 1.31 bits per heavy atom. The number of hydrogen-bond donors (Lipinski definition) is 2. The summed E-state index contributed by atoms with van der Waals surface area (Å²) in [5.41, 5.74) is 0.905. The fourth-order valence-corrected chi connectivity index (χ4v) is 2.42. The number of esters is 1. The lowest BCUT2D eigenvalue weighted by Crippen LogP contribution is -2.19. The zero-order valence-corrected chi connectivity index (χ0v) is 14.5. The molecule has 7 nitrogen and oxygen atoms in total. The summed E-state index contributed by atoms with van der Waals surface area (Å²) in [7, 11) is 1.29. The minimum absolute atomic E-state index is 0.128. The van der Waals surface area contributed by atoms with Crippen LogP contribution in [-0.2, 0) is 11.3 Å². The quantitative estimate of drug-likeness (QED) is 0.524. The fourth-order valence-electron chi connectivity index (χ4n) is 2.19. The highest BCUT2D eigenvalue weighted by molar-refractivity contribution is 7.80. The van der Waals surface area contributed by atoms with Gasteiger partial charge in [-0.05, 0) is 36.5 Å². The van der Waals surface area contributed by atoms with Crippen LogP contribution in [-0.4, -0.2) is 28.0 Å². The van der Waals surface area contributed by atoms with Crippen LogP contribution in [0.25, 0.3) is 0 Å². The standard InChI is InChI=1S/C17H15FN4O3S/c1-24-16(23)15-7-6-12(25-15)10-22-9-11(8-19-22)20-17(26)21-14-5-3-2-4-13(14)18/h2-9H,10H2,1H3,(H2,20,21,26). The van der Waals surface area contributed by atoms with Gasteiger partial charge in [-0.2, -0.15) is 5.10 Å². The molecule has 2 heterocycles. The van der Waals surface area contributed by atoms with Crippen LogP contribution in [0, 0.1) is 5.82 Å². The monoisotopic (exact) mass is 374 g/mol. The number of thiocarbonyl (C=S) groups is 1. The summed E-state index contributed by atoms with van der Waals surface area (Å²) in [5, 5.41) is 10.1. The van der Waals surface area contributed by atoms with Crippen LogP contribution in [0.5, 0.6) is 0 Å². The first-order chi connectivity index (χ1) is 12.5. The van der Waals surface area contributed by atoms with E-state index in [1.807, 2.05) is 0 Å². The van der Waals surface area contributed by atoms with Gasteiger partial charge in [0.1, 0.15) is 11.6 Å². The normalized spacial score (nSPS) is 10.4. The number of carbonyl (C=O) groups is 1. The summed E-state index contributed by atoms with van der Waals surface area (Å²) in [6, 6.07) is 9.44. The number of benzene rings is 1. The molecule has 0 amide bonds. The molecule has 0 saturated heterocycles. The minimum Gasteiger partial charge on any atom is -0.463 e. The van der Waals surface area contributed by atoms with Crippen molar-refractivity contribution >= 4 is 34.7 Å². The molecule has 3 rings (SSSR count). The largest absolute Gasteiger partial charge is 0.463 e.